The fourth-order valence-electron chi connectivity index (χ4n) is 2.81. The molecule has 2 amide bonds. The van der Waals surface area contributed by atoms with Gasteiger partial charge in [-0.3, -0.25) is 14.4 Å². The predicted molar refractivity (Wildman–Crippen MR) is 108 cm³/mol. The summed E-state index contributed by atoms with van der Waals surface area (Å²) in [6.07, 6.45) is 0. The van der Waals surface area contributed by atoms with Crippen LogP contribution in [-0.2, 0) is 16.2 Å². The molecular weight excluding hydrogens is 419 g/mol. The molecule has 0 radical (unpaired) electrons. The average molecular weight is 437 g/mol. The van der Waals surface area contributed by atoms with Crippen LogP contribution in [0.15, 0.2) is 36.4 Å². The number of rotatable bonds is 5. The molecule has 0 aliphatic carbocycles. The molecule has 1 saturated heterocycles. The molecule has 1 heterocycles. The summed E-state index contributed by atoms with van der Waals surface area (Å²) in [6, 6.07) is 8.74. The number of benzene rings is 2. The standard InChI is InChI=1S/C20H18Cl2N2O5/c1-20(2)10-29-24(19(20)28)9-11-3-5-13(8-16(11)22)23-17(25)15-7-12(21)4-6-14(15)18(26)27/h3-8H,9-10H2,1-2H3,(H,23,25)(H,26,27). The van der Waals surface area contributed by atoms with Gasteiger partial charge in [0.1, 0.15) is 0 Å². The van der Waals surface area contributed by atoms with Crippen molar-refractivity contribution in [1.82, 2.24) is 5.06 Å². The molecule has 2 aromatic carbocycles. The molecule has 3 rings (SSSR count). The van der Waals surface area contributed by atoms with E-state index in [2.05, 4.69) is 5.32 Å². The third-order valence-electron chi connectivity index (χ3n) is 4.47. The smallest absolute Gasteiger partial charge is 0.336 e. The van der Waals surface area contributed by atoms with Crippen LogP contribution in [0.5, 0.6) is 0 Å². The molecule has 0 aromatic heterocycles. The van der Waals surface area contributed by atoms with E-state index in [1.54, 1.807) is 26.0 Å². The highest BCUT2D eigenvalue weighted by Crippen LogP contribution is 2.30. The number of nitrogens with one attached hydrogen (secondary N) is 1. The Labute approximate surface area is 177 Å². The van der Waals surface area contributed by atoms with E-state index in [1.807, 2.05) is 0 Å². The zero-order valence-electron chi connectivity index (χ0n) is 15.7. The summed E-state index contributed by atoms with van der Waals surface area (Å²) in [6.45, 7) is 4.07. The van der Waals surface area contributed by atoms with Crippen molar-refractivity contribution in [2.75, 3.05) is 11.9 Å². The van der Waals surface area contributed by atoms with Crippen molar-refractivity contribution < 1.29 is 24.3 Å². The maximum absolute atomic E-state index is 12.5. The Morgan fingerprint density at radius 1 is 1.17 bits per heavy atom. The molecule has 2 N–H and O–H groups in total. The van der Waals surface area contributed by atoms with Crippen LogP contribution in [0.3, 0.4) is 0 Å². The van der Waals surface area contributed by atoms with Crippen molar-refractivity contribution in [1.29, 1.82) is 0 Å². The molecule has 0 spiro atoms. The van der Waals surface area contributed by atoms with Gasteiger partial charge in [-0.1, -0.05) is 29.3 Å². The minimum Gasteiger partial charge on any atom is -0.478 e. The fraction of sp³-hybridized carbons (Fsp3) is 0.250. The van der Waals surface area contributed by atoms with E-state index in [1.165, 1.54) is 29.3 Å². The summed E-state index contributed by atoms with van der Waals surface area (Å²) in [4.78, 5) is 41.6. The predicted octanol–water partition coefficient (Wildman–Crippen LogP) is 4.24. The average Bonchev–Trinajstić information content (AvgIpc) is 2.90. The van der Waals surface area contributed by atoms with Gasteiger partial charge in [0.15, 0.2) is 0 Å². The monoisotopic (exact) mass is 436 g/mol. The number of nitrogens with zero attached hydrogens (tertiary/aromatic N) is 1. The Hall–Kier alpha value is -2.61. The highest BCUT2D eigenvalue weighted by molar-refractivity contribution is 6.32. The number of carbonyl (C=O) groups is 3. The summed E-state index contributed by atoms with van der Waals surface area (Å²) in [5, 5.41) is 13.7. The van der Waals surface area contributed by atoms with Gasteiger partial charge in [-0.05, 0) is 49.7 Å². The lowest BCUT2D eigenvalue weighted by Gasteiger charge is -2.17. The number of hydrogen-bond donors (Lipinski definition) is 2. The first-order chi connectivity index (χ1) is 13.6. The molecule has 7 nitrogen and oxygen atoms in total. The van der Waals surface area contributed by atoms with Gasteiger partial charge in [-0.25, -0.2) is 9.86 Å². The summed E-state index contributed by atoms with van der Waals surface area (Å²) < 4.78 is 0. The molecule has 1 fully saturated rings. The van der Waals surface area contributed by atoms with Crippen molar-refractivity contribution in [2.45, 2.75) is 20.4 Å². The Morgan fingerprint density at radius 2 is 1.90 bits per heavy atom. The van der Waals surface area contributed by atoms with Gasteiger partial charge in [-0.2, -0.15) is 0 Å². The summed E-state index contributed by atoms with van der Waals surface area (Å²) in [5.41, 5.74) is 0.198. The maximum Gasteiger partial charge on any atom is 0.336 e. The minimum atomic E-state index is -1.24. The number of anilines is 1. The zero-order chi connectivity index (χ0) is 21.3. The Morgan fingerprint density at radius 3 is 2.48 bits per heavy atom. The lowest BCUT2D eigenvalue weighted by Crippen LogP contribution is -2.30. The molecule has 1 aliphatic rings. The van der Waals surface area contributed by atoms with E-state index in [-0.39, 0.29) is 28.6 Å². The topological polar surface area (TPSA) is 95.9 Å². The van der Waals surface area contributed by atoms with Crippen molar-refractivity contribution in [3.8, 4) is 0 Å². The van der Waals surface area contributed by atoms with Crippen LogP contribution in [0.4, 0.5) is 5.69 Å². The first-order valence-corrected chi connectivity index (χ1v) is 9.41. The SMILES string of the molecule is CC1(C)CON(Cc2ccc(NC(=O)c3cc(Cl)ccc3C(=O)O)cc2Cl)C1=O. The van der Waals surface area contributed by atoms with E-state index in [0.717, 1.165) is 0 Å². The van der Waals surface area contributed by atoms with Crippen molar-refractivity contribution in [3.05, 3.63) is 63.1 Å². The largest absolute Gasteiger partial charge is 0.478 e. The second-order valence-corrected chi connectivity index (χ2v) is 8.10. The number of carboxylic acids is 1. The second-order valence-electron chi connectivity index (χ2n) is 7.25. The van der Waals surface area contributed by atoms with Crippen LogP contribution in [0.25, 0.3) is 0 Å². The number of amides is 2. The second kappa shape index (κ2) is 8.02. The molecule has 0 unspecified atom stereocenters. The van der Waals surface area contributed by atoms with Gasteiger partial charge >= 0.3 is 5.97 Å². The number of hydroxylamine groups is 2. The lowest BCUT2D eigenvalue weighted by molar-refractivity contribution is -0.165. The van der Waals surface area contributed by atoms with Gasteiger partial charge < -0.3 is 10.4 Å². The van der Waals surface area contributed by atoms with E-state index in [4.69, 9.17) is 28.0 Å². The normalized spacial score (nSPS) is 15.4. The van der Waals surface area contributed by atoms with Crippen LogP contribution in [0.1, 0.15) is 40.1 Å². The van der Waals surface area contributed by atoms with Gasteiger partial charge in [0.2, 0.25) is 0 Å². The fourth-order valence-corrected chi connectivity index (χ4v) is 3.22. The molecule has 0 saturated carbocycles. The minimum absolute atomic E-state index is 0.0662. The molecule has 9 heteroatoms. The quantitative estimate of drug-likeness (QED) is 0.730. The molecule has 2 aromatic rings. The van der Waals surface area contributed by atoms with Crippen molar-refractivity contribution >= 4 is 46.7 Å². The molecule has 0 bridgehead atoms. The number of halogens is 2. The highest BCUT2D eigenvalue weighted by atomic mass is 35.5. The summed E-state index contributed by atoms with van der Waals surface area (Å²) in [5.74, 6) is -2.00. The maximum atomic E-state index is 12.5. The number of aromatic carboxylic acids is 1. The molecule has 29 heavy (non-hydrogen) atoms. The van der Waals surface area contributed by atoms with Crippen LogP contribution in [0.2, 0.25) is 10.0 Å². The zero-order valence-corrected chi connectivity index (χ0v) is 17.2. The van der Waals surface area contributed by atoms with E-state index in [0.29, 0.717) is 22.9 Å². The van der Waals surface area contributed by atoms with E-state index in [9.17, 15) is 19.5 Å². The van der Waals surface area contributed by atoms with Crippen molar-refractivity contribution in [2.24, 2.45) is 5.41 Å². The van der Waals surface area contributed by atoms with E-state index >= 15 is 0 Å². The molecule has 0 atom stereocenters. The van der Waals surface area contributed by atoms with Crippen LogP contribution in [0, 0.1) is 5.41 Å². The van der Waals surface area contributed by atoms with Gasteiger partial charge in [-0.15, -0.1) is 0 Å². The summed E-state index contributed by atoms with van der Waals surface area (Å²) >= 11 is 12.2. The van der Waals surface area contributed by atoms with Gasteiger partial charge in [0.25, 0.3) is 11.8 Å². The highest BCUT2D eigenvalue weighted by Gasteiger charge is 2.40. The first-order valence-electron chi connectivity index (χ1n) is 8.66. The van der Waals surface area contributed by atoms with Crippen LogP contribution in [-0.4, -0.2) is 34.6 Å². The number of carbonyl (C=O) groups excluding carboxylic acids is 2. The lowest BCUT2D eigenvalue weighted by atomic mass is 9.95. The van der Waals surface area contributed by atoms with Crippen molar-refractivity contribution in [3.63, 3.8) is 0 Å². The molecule has 152 valence electrons. The summed E-state index contributed by atoms with van der Waals surface area (Å²) in [7, 11) is 0. The number of carboxylic acid groups (broad SMARTS) is 1. The molecule has 1 aliphatic heterocycles. The molecular formula is C20H18Cl2N2O5. The Kier molecular flexibility index (Phi) is 5.84. The van der Waals surface area contributed by atoms with E-state index < -0.39 is 17.3 Å². The number of hydrogen-bond acceptors (Lipinski definition) is 4. The Balaban J connectivity index is 1.76. The van der Waals surface area contributed by atoms with Gasteiger partial charge in [0, 0.05) is 15.7 Å². The first kappa shape index (κ1) is 21.1. The van der Waals surface area contributed by atoms with Crippen LogP contribution < -0.4 is 5.32 Å². The Bertz CT molecular complexity index is 1010. The third kappa shape index (κ3) is 4.53. The van der Waals surface area contributed by atoms with Crippen LogP contribution >= 0.6 is 23.2 Å². The van der Waals surface area contributed by atoms with Gasteiger partial charge in [0.05, 0.1) is 29.7 Å². The third-order valence-corrected chi connectivity index (χ3v) is 5.06.